The molecule has 0 saturated carbocycles. The van der Waals surface area contributed by atoms with Gasteiger partial charge in [0.05, 0.1) is 17.6 Å². The number of hydrogen-bond acceptors (Lipinski definition) is 6. The van der Waals surface area contributed by atoms with Gasteiger partial charge in [-0.2, -0.15) is 0 Å². The molecule has 3 heterocycles. The van der Waals surface area contributed by atoms with Crippen molar-refractivity contribution in [3.8, 4) is 11.1 Å². The number of hydrogen-bond donors (Lipinski definition) is 2. The SMILES string of the molecule is C=C(C)C(=O)NC1CCCN(c2cnccc2-c2ccc(CNC(=O)c3cc(C(C)(C)C)no3)c(C)c2)C1. The van der Waals surface area contributed by atoms with Crippen LogP contribution in [0.15, 0.2) is 59.4 Å². The van der Waals surface area contributed by atoms with Crippen LogP contribution in [0.2, 0.25) is 0 Å². The summed E-state index contributed by atoms with van der Waals surface area (Å²) in [5.74, 6) is -0.171. The van der Waals surface area contributed by atoms with E-state index in [1.54, 1.807) is 19.2 Å². The molecular formula is C30H37N5O3. The second-order valence-electron chi connectivity index (χ2n) is 11.1. The van der Waals surface area contributed by atoms with Crippen LogP contribution in [0.1, 0.15) is 67.9 Å². The Morgan fingerprint density at radius 1 is 1.21 bits per heavy atom. The summed E-state index contributed by atoms with van der Waals surface area (Å²) in [6.45, 7) is 15.6. The minimum absolute atomic E-state index is 0.0672. The summed E-state index contributed by atoms with van der Waals surface area (Å²) in [5.41, 5.74) is 6.38. The molecule has 2 N–H and O–H groups in total. The Morgan fingerprint density at radius 2 is 2.00 bits per heavy atom. The summed E-state index contributed by atoms with van der Waals surface area (Å²) in [4.78, 5) is 31.5. The molecule has 1 fully saturated rings. The maximum Gasteiger partial charge on any atom is 0.290 e. The quantitative estimate of drug-likeness (QED) is 0.433. The number of benzene rings is 1. The lowest BCUT2D eigenvalue weighted by molar-refractivity contribution is -0.118. The molecule has 2 amide bonds. The van der Waals surface area contributed by atoms with Crippen molar-refractivity contribution < 1.29 is 14.1 Å². The van der Waals surface area contributed by atoms with Gasteiger partial charge in [-0.15, -0.1) is 0 Å². The Labute approximate surface area is 224 Å². The van der Waals surface area contributed by atoms with E-state index in [9.17, 15) is 9.59 Å². The summed E-state index contributed by atoms with van der Waals surface area (Å²) >= 11 is 0. The van der Waals surface area contributed by atoms with E-state index < -0.39 is 0 Å². The molecule has 1 unspecified atom stereocenters. The lowest BCUT2D eigenvalue weighted by Crippen LogP contribution is -2.48. The third kappa shape index (κ3) is 6.30. The van der Waals surface area contributed by atoms with Crippen molar-refractivity contribution in [1.29, 1.82) is 0 Å². The van der Waals surface area contributed by atoms with Crippen LogP contribution >= 0.6 is 0 Å². The zero-order chi connectivity index (χ0) is 27.4. The molecule has 4 rings (SSSR count). The van der Waals surface area contributed by atoms with E-state index in [-0.39, 0.29) is 29.0 Å². The highest BCUT2D eigenvalue weighted by molar-refractivity contribution is 5.92. The van der Waals surface area contributed by atoms with Crippen molar-refractivity contribution in [2.75, 3.05) is 18.0 Å². The van der Waals surface area contributed by atoms with Crippen LogP contribution in [0, 0.1) is 6.92 Å². The minimum Gasteiger partial charge on any atom is -0.368 e. The van der Waals surface area contributed by atoms with E-state index in [1.807, 2.05) is 46.0 Å². The number of nitrogens with zero attached hydrogens (tertiary/aromatic N) is 3. The summed E-state index contributed by atoms with van der Waals surface area (Å²) in [7, 11) is 0. The summed E-state index contributed by atoms with van der Waals surface area (Å²) in [6.07, 6.45) is 5.62. The second kappa shape index (κ2) is 11.2. The largest absolute Gasteiger partial charge is 0.368 e. The van der Waals surface area contributed by atoms with Crippen molar-refractivity contribution in [2.45, 2.75) is 65.5 Å². The van der Waals surface area contributed by atoms with E-state index in [4.69, 9.17) is 4.52 Å². The van der Waals surface area contributed by atoms with Gasteiger partial charge in [0.2, 0.25) is 11.7 Å². The molecule has 0 aliphatic carbocycles. The van der Waals surface area contributed by atoms with Crippen molar-refractivity contribution >= 4 is 17.5 Å². The minimum atomic E-state index is -0.286. The summed E-state index contributed by atoms with van der Waals surface area (Å²) < 4.78 is 5.26. The van der Waals surface area contributed by atoms with Crippen molar-refractivity contribution in [3.05, 3.63) is 77.5 Å². The van der Waals surface area contributed by atoms with Crippen LogP contribution in [0.25, 0.3) is 11.1 Å². The van der Waals surface area contributed by atoms with Crippen LogP contribution in [0.5, 0.6) is 0 Å². The molecule has 3 aromatic rings. The second-order valence-corrected chi connectivity index (χ2v) is 11.1. The number of piperidine rings is 1. The van der Waals surface area contributed by atoms with Crippen molar-refractivity contribution in [3.63, 3.8) is 0 Å². The number of anilines is 1. The Bertz CT molecular complexity index is 1340. The highest BCUT2D eigenvalue weighted by Crippen LogP contribution is 2.33. The smallest absolute Gasteiger partial charge is 0.290 e. The third-order valence-electron chi connectivity index (χ3n) is 6.88. The molecule has 1 aliphatic rings. The van der Waals surface area contributed by atoms with Crippen LogP contribution in [-0.2, 0) is 16.8 Å². The maximum atomic E-state index is 12.6. The molecule has 0 bridgehead atoms. The van der Waals surface area contributed by atoms with Gasteiger partial charge in [-0.25, -0.2) is 0 Å². The monoisotopic (exact) mass is 515 g/mol. The number of rotatable bonds is 7. The van der Waals surface area contributed by atoms with Gasteiger partial charge in [0.1, 0.15) is 0 Å². The van der Waals surface area contributed by atoms with Crippen molar-refractivity contribution in [2.24, 2.45) is 0 Å². The molecular weight excluding hydrogens is 478 g/mol. The first-order valence-electron chi connectivity index (χ1n) is 13.0. The molecule has 1 atom stereocenters. The van der Waals surface area contributed by atoms with Gasteiger partial charge in [-0.05, 0) is 49.4 Å². The lowest BCUT2D eigenvalue weighted by atomic mass is 9.92. The number of carbonyl (C=O) groups is 2. The van der Waals surface area contributed by atoms with Crippen LogP contribution in [0.4, 0.5) is 5.69 Å². The molecule has 8 heteroatoms. The van der Waals surface area contributed by atoms with E-state index in [2.05, 4.69) is 44.4 Å². The Morgan fingerprint density at radius 3 is 2.68 bits per heavy atom. The molecule has 0 radical (unpaired) electrons. The first kappa shape index (κ1) is 27.1. The standard InChI is InChI=1S/C30H37N5O3/c1-19(2)28(36)33-23-8-7-13-35(18-23)25-17-31-12-11-24(25)21-9-10-22(20(3)14-21)16-32-29(37)26-15-27(34-38-26)30(4,5)6/h9-12,14-15,17,23H,1,7-8,13,16,18H2,2-6H3,(H,32,37)(H,33,36). The summed E-state index contributed by atoms with van der Waals surface area (Å²) in [6, 6.07) is 10.0. The topological polar surface area (TPSA) is 100 Å². The Balaban J connectivity index is 1.46. The van der Waals surface area contributed by atoms with Gasteiger partial charge in [0, 0.05) is 54.5 Å². The first-order chi connectivity index (χ1) is 18.0. The van der Waals surface area contributed by atoms with E-state index in [1.165, 1.54) is 0 Å². The number of aromatic nitrogens is 2. The lowest BCUT2D eigenvalue weighted by Gasteiger charge is -2.35. The van der Waals surface area contributed by atoms with Gasteiger partial charge >= 0.3 is 0 Å². The molecule has 200 valence electrons. The average Bonchev–Trinajstić information content (AvgIpc) is 3.39. The Hall–Kier alpha value is -3.94. The molecule has 8 nitrogen and oxygen atoms in total. The number of pyridine rings is 1. The zero-order valence-electron chi connectivity index (χ0n) is 22.9. The molecule has 1 saturated heterocycles. The molecule has 2 aromatic heterocycles. The van der Waals surface area contributed by atoms with Crippen LogP contribution < -0.4 is 15.5 Å². The van der Waals surface area contributed by atoms with Crippen LogP contribution in [-0.4, -0.2) is 41.1 Å². The number of carbonyl (C=O) groups excluding carboxylic acids is 2. The van der Waals surface area contributed by atoms with Crippen molar-refractivity contribution in [1.82, 2.24) is 20.8 Å². The highest BCUT2D eigenvalue weighted by atomic mass is 16.5. The fourth-order valence-corrected chi connectivity index (χ4v) is 4.56. The van der Waals surface area contributed by atoms with Gasteiger partial charge in [0.25, 0.3) is 5.91 Å². The fourth-order valence-electron chi connectivity index (χ4n) is 4.56. The fraction of sp³-hybridized carbons (Fsp3) is 0.400. The normalized spacial score (nSPS) is 15.7. The molecule has 1 aliphatic heterocycles. The predicted octanol–water partition coefficient (Wildman–Crippen LogP) is 4.93. The number of nitrogens with one attached hydrogen (secondary N) is 2. The zero-order valence-corrected chi connectivity index (χ0v) is 22.9. The van der Waals surface area contributed by atoms with Crippen LogP contribution in [0.3, 0.4) is 0 Å². The predicted molar refractivity (Wildman–Crippen MR) is 149 cm³/mol. The number of aryl methyl sites for hydroxylation is 1. The van der Waals surface area contributed by atoms with Gasteiger partial charge in [-0.1, -0.05) is 50.7 Å². The molecule has 1 aromatic carbocycles. The van der Waals surface area contributed by atoms with E-state index >= 15 is 0 Å². The summed E-state index contributed by atoms with van der Waals surface area (Å²) in [5, 5.41) is 10.1. The van der Waals surface area contributed by atoms with E-state index in [0.717, 1.165) is 59.6 Å². The Kier molecular flexibility index (Phi) is 7.99. The molecule has 0 spiro atoms. The highest BCUT2D eigenvalue weighted by Gasteiger charge is 2.24. The molecule has 38 heavy (non-hydrogen) atoms. The van der Waals surface area contributed by atoms with E-state index in [0.29, 0.717) is 12.1 Å². The maximum absolute atomic E-state index is 12.6. The first-order valence-corrected chi connectivity index (χ1v) is 13.0. The average molecular weight is 516 g/mol. The van der Waals surface area contributed by atoms with Gasteiger partial charge in [0.15, 0.2) is 0 Å². The third-order valence-corrected chi connectivity index (χ3v) is 6.88. The van der Waals surface area contributed by atoms with Gasteiger partial charge < -0.3 is 20.1 Å². The number of amides is 2. The van der Waals surface area contributed by atoms with Gasteiger partial charge in [-0.3, -0.25) is 14.6 Å².